The van der Waals surface area contributed by atoms with Crippen molar-refractivity contribution in [2.24, 2.45) is 0 Å². The molecule has 1 aromatic carbocycles. The first-order chi connectivity index (χ1) is 8.99. The molecule has 0 unspecified atom stereocenters. The van der Waals surface area contributed by atoms with Gasteiger partial charge in [-0.1, -0.05) is 15.9 Å². The number of carbonyl (C=O) groups is 2. The quantitative estimate of drug-likeness (QED) is 0.724. The lowest BCUT2D eigenvalue weighted by atomic mass is 10.3. The molecule has 19 heavy (non-hydrogen) atoms. The number of amides is 3. The molecule has 5 nitrogen and oxygen atoms in total. The first-order valence-electron chi connectivity index (χ1n) is 5.73. The van der Waals surface area contributed by atoms with E-state index in [1.54, 1.807) is 6.07 Å². The van der Waals surface area contributed by atoms with E-state index >= 15 is 0 Å². The molecule has 0 radical (unpaired) electrons. The standard InChI is InChI=1S/C12H15BrFN3O2/c1-8(18)15-5-2-6-16-12(19)17-11-4-3-9(13)7-10(11)14/h3-4,7H,2,5-6H2,1H3,(H,15,18)(H2,16,17,19). The molecule has 0 bridgehead atoms. The summed E-state index contributed by atoms with van der Waals surface area (Å²) in [4.78, 5) is 22.0. The van der Waals surface area contributed by atoms with Crippen LogP contribution >= 0.6 is 15.9 Å². The van der Waals surface area contributed by atoms with E-state index in [-0.39, 0.29) is 11.6 Å². The zero-order chi connectivity index (χ0) is 14.3. The lowest BCUT2D eigenvalue weighted by Gasteiger charge is -2.08. The van der Waals surface area contributed by atoms with Crippen molar-refractivity contribution in [2.75, 3.05) is 18.4 Å². The van der Waals surface area contributed by atoms with E-state index < -0.39 is 11.8 Å². The second-order valence-electron chi connectivity index (χ2n) is 3.84. The second kappa shape index (κ2) is 7.73. The van der Waals surface area contributed by atoms with E-state index in [2.05, 4.69) is 31.9 Å². The molecule has 0 saturated heterocycles. The van der Waals surface area contributed by atoms with Gasteiger partial charge in [-0.05, 0) is 24.6 Å². The summed E-state index contributed by atoms with van der Waals surface area (Å²) in [7, 11) is 0. The largest absolute Gasteiger partial charge is 0.356 e. The fourth-order valence-corrected chi connectivity index (χ4v) is 1.65. The van der Waals surface area contributed by atoms with Gasteiger partial charge >= 0.3 is 6.03 Å². The van der Waals surface area contributed by atoms with Crippen LogP contribution in [0, 0.1) is 5.82 Å². The van der Waals surface area contributed by atoms with E-state index in [0.717, 1.165) is 0 Å². The van der Waals surface area contributed by atoms with E-state index in [9.17, 15) is 14.0 Å². The predicted molar refractivity (Wildman–Crippen MR) is 74.4 cm³/mol. The molecule has 104 valence electrons. The fraction of sp³-hybridized carbons (Fsp3) is 0.333. The van der Waals surface area contributed by atoms with Crippen LogP contribution in [0.25, 0.3) is 0 Å². The van der Waals surface area contributed by atoms with Crippen LogP contribution in [0.5, 0.6) is 0 Å². The van der Waals surface area contributed by atoms with Crippen LogP contribution in [0.2, 0.25) is 0 Å². The highest BCUT2D eigenvalue weighted by atomic mass is 79.9. The van der Waals surface area contributed by atoms with Crippen LogP contribution in [-0.4, -0.2) is 25.0 Å². The molecule has 0 spiro atoms. The Morgan fingerprint density at radius 3 is 2.58 bits per heavy atom. The van der Waals surface area contributed by atoms with E-state index in [1.165, 1.54) is 19.1 Å². The summed E-state index contributed by atoms with van der Waals surface area (Å²) >= 11 is 3.13. The molecule has 0 aromatic heterocycles. The number of benzene rings is 1. The highest BCUT2D eigenvalue weighted by Gasteiger charge is 2.06. The number of hydrogen-bond donors (Lipinski definition) is 3. The van der Waals surface area contributed by atoms with Crippen molar-refractivity contribution in [1.29, 1.82) is 0 Å². The molecule has 0 heterocycles. The highest BCUT2D eigenvalue weighted by Crippen LogP contribution is 2.18. The van der Waals surface area contributed by atoms with Crippen molar-refractivity contribution in [1.82, 2.24) is 10.6 Å². The van der Waals surface area contributed by atoms with E-state index in [4.69, 9.17) is 0 Å². The Bertz CT molecular complexity index is 468. The van der Waals surface area contributed by atoms with E-state index in [1.807, 2.05) is 0 Å². The number of hydrogen-bond acceptors (Lipinski definition) is 2. The zero-order valence-corrected chi connectivity index (χ0v) is 12.0. The summed E-state index contributed by atoms with van der Waals surface area (Å²) in [6.45, 7) is 2.31. The molecule has 0 saturated carbocycles. The Labute approximate surface area is 119 Å². The minimum absolute atomic E-state index is 0.110. The Hall–Kier alpha value is -1.63. The normalized spacial score (nSPS) is 9.84. The Morgan fingerprint density at radius 1 is 1.26 bits per heavy atom. The van der Waals surface area contributed by atoms with Gasteiger partial charge in [-0.2, -0.15) is 0 Å². The summed E-state index contributed by atoms with van der Waals surface area (Å²) in [6, 6.07) is 3.89. The molecule has 0 aliphatic rings. The lowest BCUT2D eigenvalue weighted by Crippen LogP contribution is -2.32. The predicted octanol–water partition coefficient (Wildman–Crippen LogP) is 2.24. The van der Waals surface area contributed by atoms with Crippen molar-refractivity contribution in [3.8, 4) is 0 Å². The van der Waals surface area contributed by atoms with Gasteiger partial charge in [0.05, 0.1) is 5.69 Å². The molecular weight excluding hydrogens is 317 g/mol. The SMILES string of the molecule is CC(=O)NCCCNC(=O)Nc1ccc(Br)cc1F. The van der Waals surface area contributed by atoms with Crippen LogP contribution in [0.1, 0.15) is 13.3 Å². The Balaban J connectivity index is 2.29. The van der Waals surface area contributed by atoms with Gasteiger partial charge in [0.25, 0.3) is 0 Å². The number of anilines is 1. The smallest absolute Gasteiger partial charge is 0.319 e. The molecule has 1 rings (SSSR count). The van der Waals surface area contributed by atoms with Gasteiger partial charge in [0.2, 0.25) is 5.91 Å². The van der Waals surface area contributed by atoms with Gasteiger partial charge in [0.1, 0.15) is 5.82 Å². The van der Waals surface area contributed by atoms with Crippen molar-refractivity contribution in [3.05, 3.63) is 28.5 Å². The third kappa shape index (κ3) is 6.19. The molecule has 0 atom stereocenters. The number of halogens is 2. The maximum Gasteiger partial charge on any atom is 0.319 e. The summed E-state index contributed by atoms with van der Waals surface area (Å²) in [5, 5.41) is 7.58. The second-order valence-corrected chi connectivity index (χ2v) is 4.76. The first kappa shape index (κ1) is 15.4. The van der Waals surface area contributed by atoms with Gasteiger partial charge in [0, 0.05) is 24.5 Å². The molecular formula is C12H15BrFN3O2. The van der Waals surface area contributed by atoms with Gasteiger partial charge in [-0.15, -0.1) is 0 Å². The van der Waals surface area contributed by atoms with Crippen molar-refractivity contribution < 1.29 is 14.0 Å². The minimum Gasteiger partial charge on any atom is -0.356 e. The average Bonchev–Trinajstić information content (AvgIpc) is 2.32. The maximum atomic E-state index is 13.4. The van der Waals surface area contributed by atoms with Crippen LogP contribution in [0.15, 0.2) is 22.7 Å². The third-order valence-electron chi connectivity index (χ3n) is 2.19. The number of rotatable bonds is 5. The third-order valence-corrected chi connectivity index (χ3v) is 2.69. The van der Waals surface area contributed by atoms with Crippen LogP contribution in [0.4, 0.5) is 14.9 Å². The van der Waals surface area contributed by atoms with Crippen LogP contribution in [0.3, 0.4) is 0 Å². The molecule has 1 aromatic rings. The Kier molecular flexibility index (Phi) is 6.27. The zero-order valence-electron chi connectivity index (χ0n) is 10.4. The Morgan fingerprint density at radius 2 is 1.95 bits per heavy atom. The summed E-state index contributed by atoms with van der Waals surface area (Å²) in [6.07, 6.45) is 0.607. The van der Waals surface area contributed by atoms with Crippen LogP contribution in [-0.2, 0) is 4.79 Å². The van der Waals surface area contributed by atoms with Crippen LogP contribution < -0.4 is 16.0 Å². The monoisotopic (exact) mass is 331 g/mol. The lowest BCUT2D eigenvalue weighted by molar-refractivity contribution is -0.118. The molecule has 0 fully saturated rings. The van der Waals surface area contributed by atoms with Gasteiger partial charge in [-0.3, -0.25) is 4.79 Å². The molecule has 0 aliphatic carbocycles. The van der Waals surface area contributed by atoms with Gasteiger partial charge < -0.3 is 16.0 Å². The topological polar surface area (TPSA) is 70.2 Å². The first-order valence-corrected chi connectivity index (χ1v) is 6.52. The maximum absolute atomic E-state index is 13.4. The molecule has 3 amide bonds. The number of nitrogens with one attached hydrogen (secondary N) is 3. The highest BCUT2D eigenvalue weighted by molar-refractivity contribution is 9.10. The fourth-order valence-electron chi connectivity index (χ4n) is 1.31. The van der Waals surface area contributed by atoms with Crippen molar-refractivity contribution in [2.45, 2.75) is 13.3 Å². The molecule has 7 heteroatoms. The molecule has 0 aliphatic heterocycles. The van der Waals surface area contributed by atoms with Gasteiger partial charge in [-0.25, -0.2) is 9.18 Å². The number of urea groups is 1. The van der Waals surface area contributed by atoms with E-state index in [0.29, 0.717) is 24.0 Å². The molecule has 3 N–H and O–H groups in total. The van der Waals surface area contributed by atoms with Crippen molar-refractivity contribution >= 4 is 33.6 Å². The minimum atomic E-state index is -0.511. The summed E-state index contributed by atoms with van der Waals surface area (Å²) in [5.41, 5.74) is 0.113. The number of carbonyl (C=O) groups excluding carboxylic acids is 2. The van der Waals surface area contributed by atoms with Gasteiger partial charge in [0.15, 0.2) is 0 Å². The van der Waals surface area contributed by atoms with Crippen molar-refractivity contribution in [3.63, 3.8) is 0 Å². The summed E-state index contributed by atoms with van der Waals surface area (Å²) in [5.74, 6) is -0.621. The average molecular weight is 332 g/mol. The summed E-state index contributed by atoms with van der Waals surface area (Å²) < 4.78 is 14.0.